The summed E-state index contributed by atoms with van der Waals surface area (Å²) in [6.45, 7) is 8.87. The Morgan fingerprint density at radius 2 is 1.70 bits per heavy atom. The molecule has 0 radical (unpaired) electrons. The molecule has 144 valence electrons. The fourth-order valence-electron chi connectivity index (χ4n) is 3.08. The minimum atomic E-state index is -0.493. The standard InChI is InChI=1S/C23H30N2O2/c1-5-24-23(27)19(4)25(14-13-20-9-7-6-8-10-20)22(26)16-21-12-11-17(2)18(3)15-21/h6-12,15,19H,5,13-14,16H2,1-4H3,(H,24,27). The SMILES string of the molecule is CCNC(=O)C(C)N(CCc1ccccc1)C(=O)Cc1ccc(C)c(C)c1. The average molecular weight is 367 g/mol. The van der Waals surface area contributed by atoms with Crippen LogP contribution in [0, 0.1) is 13.8 Å². The molecule has 1 unspecified atom stereocenters. The van der Waals surface area contributed by atoms with Crippen molar-refractivity contribution in [1.29, 1.82) is 0 Å². The van der Waals surface area contributed by atoms with Gasteiger partial charge in [-0.2, -0.15) is 0 Å². The Hall–Kier alpha value is -2.62. The highest BCUT2D eigenvalue weighted by molar-refractivity contribution is 5.88. The molecule has 0 aliphatic carbocycles. The lowest BCUT2D eigenvalue weighted by atomic mass is 10.0. The summed E-state index contributed by atoms with van der Waals surface area (Å²) in [6, 6.07) is 15.6. The van der Waals surface area contributed by atoms with Gasteiger partial charge in [-0.05, 0) is 56.4 Å². The number of aryl methyl sites for hydroxylation is 2. The number of hydrogen-bond acceptors (Lipinski definition) is 2. The molecule has 0 fully saturated rings. The highest BCUT2D eigenvalue weighted by Crippen LogP contribution is 2.13. The van der Waals surface area contributed by atoms with E-state index in [4.69, 9.17) is 0 Å². The maximum Gasteiger partial charge on any atom is 0.242 e. The zero-order chi connectivity index (χ0) is 19.8. The van der Waals surface area contributed by atoms with Crippen molar-refractivity contribution in [3.8, 4) is 0 Å². The van der Waals surface area contributed by atoms with E-state index in [9.17, 15) is 9.59 Å². The van der Waals surface area contributed by atoms with Crippen LogP contribution in [0.25, 0.3) is 0 Å². The maximum absolute atomic E-state index is 13.0. The van der Waals surface area contributed by atoms with E-state index in [1.165, 1.54) is 11.1 Å². The molecule has 0 saturated carbocycles. The lowest BCUT2D eigenvalue weighted by Crippen LogP contribution is -2.49. The molecule has 0 aromatic heterocycles. The molecular weight excluding hydrogens is 336 g/mol. The molecule has 2 aromatic rings. The van der Waals surface area contributed by atoms with Crippen molar-refractivity contribution in [2.24, 2.45) is 0 Å². The maximum atomic E-state index is 13.0. The minimum Gasteiger partial charge on any atom is -0.355 e. The van der Waals surface area contributed by atoms with E-state index in [1.54, 1.807) is 11.8 Å². The highest BCUT2D eigenvalue weighted by Gasteiger charge is 2.25. The fraction of sp³-hybridized carbons (Fsp3) is 0.391. The molecule has 0 bridgehead atoms. The normalized spacial score (nSPS) is 11.7. The summed E-state index contributed by atoms with van der Waals surface area (Å²) < 4.78 is 0. The molecule has 2 aromatic carbocycles. The van der Waals surface area contributed by atoms with Gasteiger partial charge in [-0.3, -0.25) is 9.59 Å². The summed E-state index contributed by atoms with van der Waals surface area (Å²) in [7, 11) is 0. The molecule has 0 heterocycles. The molecule has 0 aliphatic rings. The van der Waals surface area contributed by atoms with E-state index in [2.05, 4.69) is 18.3 Å². The van der Waals surface area contributed by atoms with Gasteiger partial charge in [0.1, 0.15) is 6.04 Å². The van der Waals surface area contributed by atoms with Gasteiger partial charge in [0.2, 0.25) is 11.8 Å². The Kier molecular flexibility index (Phi) is 7.59. The summed E-state index contributed by atoms with van der Waals surface area (Å²) >= 11 is 0. The van der Waals surface area contributed by atoms with Crippen LogP contribution in [0.2, 0.25) is 0 Å². The van der Waals surface area contributed by atoms with E-state index in [0.29, 0.717) is 19.5 Å². The number of benzene rings is 2. The molecule has 2 rings (SSSR count). The molecule has 4 heteroatoms. The van der Waals surface area contributed by atoms with Crippen LogP contribution in [0.3, 0.4) is 0 Å². The van der Waals surface area contributed by atoms with E-state index in [-0.39, 0.29) is 11.8 Å². The molecule has 0 saturated heterocycles. The molecule has 1 atom stereocenters. The van der Waals surface area contributed by atoms with E-state index in [0.717, 1.165) is 17.5 Å². The van der Waals surface area contributed by atoms with E-state index in [1.807, 2.05) is 56.3 Å². The summed E-state index contributed by atoms with van der Waals surface area (Å²) in [5.74, 6) is -0.132. The monoisotopic (exact) mass is 366 g/mol. The first-order chi connectivity index (χ1) is 12.9. The van der Waals surface area contributed by atoms with Gasteiger partial charge in [-0.25, -0.2) is 0 Å². The lowest BCUT2D eigenvalue weighted by molar-refractivity contribution is -0.139. The van der Waals surface area contributed by atoms with Crippen LogP contribution in [0.4, 0.5) is 0 Å². The van der Waals surface area contributed by atoms with Crippen molar-refractivity contribution < 1.29 is 9.59 Å². The van der Waals surface area contributed by atoms with E-state index < -0.39 is 6.04 Å². The Labute approximate surface area is 162 Å². The zero-order valence-corrected chi connectivity index (χ0v) is 16.8. The van der Waals surface area contributed by atoms with E-state index >= 15 is 0 Å². The lowest BCUT2D eigenvalue weighted by Gasteiger charge is -2.29. The number of hydrogen-bond donors (Lipinski definition) is 1. The Morgan fingerprint density at radius 3 is 2.33 bits per heavy atom. The third-order valence-electron chi connectivity index (χ3n) is 4.93. The summed E-state index contributed by atoms with van der Waals surface area (Å²) in [6.07, 6.45) is 1.03. The third kappa shape index (κ3) is 5.95. The molecule has 0 spiro atoms. The second kappa shape index (κ2) is 9.91. The van der Waals surface area contributed by atoms with Gasteiger partial charge in [-0.15, -0.1) is 0 Å². The Bertz CT molecular complexity index is 771. The summed E-state index contributed by atoms with van der Waals surface area (Å²) in [4.78, 5) is 27.1. The Morgan fingerprint density at radius 1 is 1.00 bits per heavy atom. The van der Waals surface area contributed by atoms with Crippen LogP contribution in [-0.4, -0.2) is 35.8 Å². The second-order valence-electron chi connectivity index (χ2n) is 6.99. The molecule has 2 amide bonds. The summed E-state index contributed by atoms with van der Waals surface area (Å²) in [5.41, 5.74) is 4.52. The van der Waals surface area contributed by atoms with Crippen LogP contribution in [0.15, 0.2) is 48.5 Å². The number of carbonyl (C=O) groups excluding carboxylic acids is 2. The van der Waals surface area contributed by atoms with Crippen LogP contribution < -0.4 is 5.32 Å². The average Bonchev–Trinajstić information content (AvgIpc) is 2.65. The van der Waals surface area contributed by atoms with Crippen LogP contribution in [0.5, 0.6) is 0 Å². The highest BCUT2D eigenvalue weighted by atomic mass is 16.2. The fourth-order valence-corrected chi connectivity index (χ4v) is 3.08. The van der Waals surface area contributed by atoms with Crippen molar-refractivity contribution in [2.45, 2.75) is 46.6 Å². The van der Waals surface area contributed by atoms with Crippen LogP contribution in [0.1, 0.15) is 36.1 Å². The molecule has 1 N–H and O–H groups in total. The van der Waals surface area contributed by atoms with Crippen molar-refractivity contribution in [2.75, 3.05) is 13.1 Å². The Balaban J connectivity index is 2.14. The van der Waals surface area contributed by atoms with Gasteiger partial charge in [0.15, 0.2) is 0 Å². The van der Waals surface area contributed by atoms with Crippen molar-refractivity contribution in [3.63, 3.8) is 0 Å². The van der Waals surface area contributed by atoms with Gasteiger partial charge in [0, 0.05) is 13.1 Å². The summed E-state index contributed by atoms with van der Waals surface area (Å²) in [5, 5.41) is 2.83. The molecule has 4 nitrogen and oxygen atoms in total. The first-order valence-corrected chi connectivity index (χ1v) is 9.59. The first kappa shape index (κ1) is 20.7. The largest absolute Gasteiger partial charge is 0.355 e. The van der Waals surface area contributed by atoms with Crippen molar-refractivity contribution >= 4 is 11.8 Å². The van der Waals surface area contributed by atoms with Gasteiger partial charge in [-0.1, -0.05) is 48.5 Å². The minimum absolute atomic E-state index is 0.0204. The van der Waals surface area contributed by atoms with Crippen LogP contribution >= 0.6 is 0 Å². The third-order valence-corrected chi connectivity index (χ3v) is 4.93. The quantitative estimate of drug-likeness (QED) is 0.778. The smallest absolute Gasteiger partial charge is 0.242 e. The predicted octanol–water partition coefficient (Wildman–Crippen LogP) is 3.44. The number of amides is 2. The van der Waals surface area contributed by atoms with Gasteiger partial charge >= 0.3 is 0 Å². The van der Waals surface area contributed by atoms with Gasteiger partial charge in [0.05, 0.1) is 6.42 Å². The van der Waals surface area contributed by atoms with Crippen molar-refractivity contribution in [3.05, 3.63) is 70.8 Å². The zero-order valence-electron chi connectivity index (χ0n) is 16.8. The number of nitrogens with one attached hydrogen (secondary N) is 1. The van der Waals surface area contributed by atoms with Crippen LogP contribution in [-0.2, 0) is 22.4 Å². The van der Waals surface area contributed by atoms with Crippen molar-refractivity contribution in [1.82, 2.24) is 10.2 Å². The predicted molar refractivity (Wildman–Crippen MR) is 110 cm³/mol. The molecule has 27 heavy (non-hydrogen) atoms. The number of nitrogens with zero attached hydrogens (tertiary/aromatic N) is 1. The van der Waals surface area contributed by atoms with Gasteiger partial charge in [0.25, 0.3) is 0 Å². The number of rotatable bonds is 8. The molecular formula is C23H30N2O2. The second-order valence-corrected chi connectivity index (χ2v) is 6.99. The number of carbonyl (C=O) groups is 2. The van der Waals surface area contributed by atoms with Gasteiger partial charge < -0.3 is 10.2 Å². The first-order valence-electron chi connectivity index (χ1n) is 9.59. The molecule has 0 aliphatic heterocycles. The topological polar surface area (TPSA) is 49.4 Å². The number of likely N-dealkylation sites (N-methyl/N-ethyl adjacent to an activating group) is 1.